The Morgan fingerprint density at radius 3 is 2.13 bits per heavy atom. The second-order valence-corrected chi connectivity index (χ2v) is 6.29. The van der Waals surface area contributed by atoms with Gasteiger partial charge in [-0.15, -0.1) is 0 Å². The molecule has 0 heterocycles. The van der Waals surface area contributed by atoms with Gasteiger partial charge in [0.05, 0.1) is 0 Å². The van der Waals surface area contributed by atoms with Crippen LogP contribution in [0.1, 0.15) is 40.5 Å². The van der Waals surface area contributed by atoms with Crippen LogP contribution in [0.4, 0.5) is 0 Å². The Hall–Kier alpha value is -2.54. The molecule has 4 rings (SSSR count). The van der Waals surface area contributed by atoms with E-state index < -0.39 is 0 Å². The zero-order valence-corrected chi connectivity index (χ0v) is 13.0. The van der Waals surface area contributed by atoms with E-state index in [-0.39, 0.29) is 5.92 Å². The number of aromatic hydroxyl groups is 1. The van der Waals surface area contributed by atoms with Crippen LogP contribution in [0.2, 0.25) is 0 Å². The molecular formula is C22H20O. The first-order valence-corrected chi connectivity index (χ1v) is 8.25. The van der Waals surface area contributed by atoms with E-state index in [1.165, 1.54) is 16.7 Å². The van der Waals surface area contributed by atoms with E-state index in [1.807, 2.05) is 12.1 Å². The largest absolute Gasteiger partial charge is 0.508 e. The van der Waals surface area contributed by atoms with Gasteiger partial charge in [-0.05, 0) is 41.5 Å². The molecule has 1 aliphatic rings. The minimum atomic E-state index is 0.212. The summed E-state index contributed by atoms with van der Waals surface area (Å²) in [6.45, 7) is 0. The van der Waals surface area contributed by atoms with Gasteiger partial charge in [-0.25, -0.2) is 0 Å². The van der Waals surface area contributed by atoms with Crippen molar-refractivity contribution in [2.24, 2.45) is 0 Å². The fourth-order valence-electron chi connectivity index (χ4n) is 3.95. The summed E-state index contributed by atoms with van der Waals surface area (Å²) in [6.07, 6.45) is 2.21. The molecule has 1 N–H and O–H groups in total. The fourth-order valence-corrected chi connectivity index (χ4v) is 3.95. The van der Waals surface area contributed by atoms with Crippen molar-refractivity contribution in [2.45, 2.75) is 24.7 Å². The third kappa shape index (κ3) is 2.53. The lowest BCUT2D eigenvalue weighted by atomic mass is 9.69. The summed E-state index contributed by atoms with van der Waals surface area (Å²) in [6, 6.07) is 27.2. The van der Waals surface area contributed by atoms with E-state index >= 15 is 0 Å². The normalized spacial score (nSPS) is 20.0. The molecule has 0 saturated carbocycles. The van der Waals surface area contributed by atoms with Crippen LogP contribution in [0.3, 0.4) is 0 Å². The molecule has 3 aromatic rings. The van der Waals surface area contributed by atoms with Gasteiger partial charge in [-0.2, -0.15) is 0 Å². The molecule has 114 valence electrons. The van der Waals surface area contributed by atoms with Gasteiger partial charge in [0.2, 0.25) is 0 Å². The summed E-state index contributed by atoms with van der Waals surface area (Å²) in [5.41, 5.74) is 5.16. The molecule has 0 aromatic heterocycles. The number of phenols is 1. The quantitative estimate of drug-likeness (QED) is 0.685. The summed E-state index contributed by atoms with van der Waals surface area (Å²) in [5.74, 6) is 1.01. The highest BCUT2D eigenvalue weighted by molar-refractivity contribution is 5.49. The SMILES string of the molecule is Oc1ccccc1[C@@H]1c2ccccc2CC[C@@H]1c1ccccc1. The maximum Gasteiger partial charge on any atom is 0.119 e. The summed E-state index contributed by atoms with van der Waals surface area (Å²) in [7, 11) is 0. The number of benzene rings is 3. The third-order valence-electron chi connectivity index (χ3n) is 5.02. The first-order chi connectivity index (χ1) is 11.3. The zero-order valence-electron chi connectivity index (χ0n) is 13.0. The monoisotopic (exact) mass is 300 g/mol. The first kappa shape index (κ1) is 14.1. The number of hydrogen-bond donors (Lipinski definition) is 1. The lowest BCUT2D eigenvalue weighted by Gasteiger charge is -2.35. The molecule has 0 saturated heterocycles. The van der Waals surface area contributed by atoms with Crippen LogP contribution < -0.4 is 0 Å². The van der Waals surface area contributed by atoms with E-state index in [2.05, 4.69) is 60.7 Å². The second-order valence-electron chi connectivity index (χ2n) is 6.29. The van der Waals surface area contributed by atoms with Gasteiger partial charge in [-0.1, -0.05) is 72.8 Å². The summed E-state index contributed by atoms with van der Waals surface area (Å²) < 4.78 is 0. The van der Waals surface area contributed by atoms with E-state index in [0.29, 0.717) is 11.7 Å². The minimum absolute atomic E-state index is 0.212. The summed E-state index contributed by atoms with van der Waals surface area (Å²) >= 11 is 0. The van der Waals surface area contributed by atoms with Crippen LogP contribution in [0.5, 0.6) is 5.75 Å². The highest BCUT2D eigenvalue weighted by Gasteiger charge is 2.32. The van der Waals surface area contributed by atoms with Crippen LogP contribution in [-0.2, 0) is 6.42 Å². The van der Waals surface area contributed by atoms with Gasteiger partial charge in [0, 0.05) is 11.5 Å². The number of aryl methyl sites for hydroxylation is 1. The summed E-state index contributed by atoms with van der Waals surface area (Å²) in [5, 5.41) is 10.5. The zero-order chi connectivity index (χ0) is 15.6. The van der Waals surface area contributed by atoms with E-state index in [1.54, 1.807) is 6.07 Å². The fraction of sp³-hybridized carbons (Fsp3) is 0.182. The summed E-state index contributed by atoms with van der Waals surface area (Å²) in [4.78, 5) is 0. The highest BCUT2D eigenvalue weighted by atomic mass is 16.3. The first-order valence-electron chi connectivity index (χ1n) is 8.25. The molecule has 0 fully saturated rings. The maximum absolute atomic E-state index is 10.5. The number of phenolic OH excluding ortho intramolecular Hbond substituents is 1. The van der Waals surface area contributed by atoms with Crippen molar-refractivity contribution in [3.8, 4) is 5.75 Å². The van der Waals surface area contributed by atoms with E-state index in [0.717, 1.165) is 18.4 Å². The van der Waals surface area contributed by atoms with Crippen molar-refractivity contribution in [3.63, 3.8) is 0 Å². The van der Waals surface area contributed by atoms with Gasteiger partial charge in [0.1, 0.15) is 5.75 Å². The van der Waals surface area contributed by atoms with Crippen molar-refractivity contribution in [2.75, 3.05) is 0 Å². The number of rotatable bonds is 2. The van der Waals surface area contributed by atoms with Crippen molar-refractivity contribution in [3.05, 3.63) is 101 Å². The van der Waals surface area contributed by atoms with Crippen molar-refractivity contribution in [1.82, 2.24) is 0 Å². The average Bonchev–Trinajstić information content (AvgIpc) is 2.62. The topological polar surface area (TPSA) is 20.2 Å². The minimum Gasteiger partial charge on any atom is -0.508 e. The third-order valence-corrected chi connectivity index (χ3v) is 5.02. The van der Waals surface area contributed by atoms with Gasteiger partial charge in [-0.3, -0.25) is 0 Å². The predicted molar refractivity (Wildman–Crippen MR) is 93.9 cm³/mol. The molecular weight excluding hydrogens is 280 g/mol. The Morgan fingerprint density at radius 1 is 0.696 bits per heavy atom. The Bertz CT molecular complexity index is 807. The van der Waals surface area contributed by atoms with Gasteiger partial charge in [0.25, 0.3) is 0 Å². The van der Waals surface area contributed by atoms with Crippen LogP contribution in [-0.4, -0.2) is 5.11 Å². The molecule has 0 amide bonds. The molecule has 1 nitrogen and oxygen atoms in total. The molecule has 0 radical (unpaired) electrons. The Morgan fingerprint density at radius 2 is 1.35 bits per heavy atom. The van der Waals surface area contributed by atoms with E-state index in [4.69, 9.17) is 0 Å². The molecule has 3 aromatic carbocycles. The molecule has 1 heteroatoms. The molecule has 0 spiro atoms. The Labute approximate surface area is 137 Å². The van der Waals surface area contributed by atoms with Crippen LogP contribution >= 0.6 is 0 Å². The second kappa shape index (κ2) is 5.92. The van der Waals surface area contributed by atoms with Gasteiger partial charge >= 0.3 is 0 Å². The smallest absolute Gasteiger partial charge is 0.119 e. The number of fused-ring (bicyclic) bond motifs is 1. The van der Waals surface area contributed by atoms with Crippen LogP contribution in [0.25, 0.3) is 0 Å². The lowest BCUT2D eigenvalue weighted by molar-refractivity contribution is 0.448. The lowest BCUT2D eigenvalue weighted by Crippen LogP contribution is -2.20. The molecule has 0 aliphatic heterocycles. The predicted octanol–water partition coefficient (Wildman–Crippen LogP) is 5.25. The van der Waals surface area contributed by atoms with Crippen molar-refractivity contribution in [1.29, 1.82) is 0 Å². The molecule has 2 atom stereocenters. The molecule has 0 unspecified atom stereocenters. The Kier molecular flexibility index (Phi) is 3.63. The van der Waals surface area contributed by atoms with Gasteiger partial charge < -0.3 is 5.11 Å². The van der Waals surface area contributed by atoms with Crippen molar-refractivity contribution < 1.29 is 5.11 Å². The number of para-hydroxylation sites is 1. The molecule has 23 heavy (non-hydrogen) atoms. The van der Waals surface area contributed by atoms with Crippen LogP contribution in [0.15, 0.2) is 78.9 Å². The highest BCUT2D eigenvalue weighted by Crippen LogP contribution is 2.48. The Balaban J connectivity index is 1.89. The van der Waals surface area contributed by atoms with Crippen LogP contribution in [0, 0.1) is 0 Å². The van der Waals surface area contributed by atoms with Crippen molar-refractivity contribution >= 4 is 0 Å². The average molecular weight is 300 g/mol. The molecule has 0 bridgehead atoms. The standard InChI is InChI=1S/C22H20O/c23-21-13-7-6-12-20(21)22-18-11-5-4-10-17(18)14-15-19(22)16-8-2-1-3-9-16/h1-13,19,22-23H,14-15H2/t19-,22-/m1/s1. The molecule has 1 aliphatic carbocycles. The van der Waals surface area contributed by atoms with Gasteiger partial charge in [0.15, 0.2) is 0 Å². The number of hydrogen-bond acceptors (Lipinski definition) is 1. The van der Waals surface area contributed by atoms with E-state index in [9.17, 15) is 5.11 Å². The maximum atomic E-state index is 10.5.